The summed E-state index contributed by atoms with van der Waals surface area (Å²) in [5, 5.41) is 12.0. The van der Waals surface area contributed by atoms with Crippen molar-refractivity contribution < 1.29 is 24.2 Å². The number of nitrogens with zero attached hydrogens (tertiary/aromatic N) is 1. The average molecular weight is 437 g/mol. The lowest BCUT2D eigenvalue weighted by Gasteiger charge is -2.34. The van der Waals surface area contributed by atoms with E-state index in [9.17, 15) is 19.5 Å². The van der Waals surface area contributed by atoms with Crippen LogP contribution in [0.5, 0.6) is 0 Å². The Morgan fingerprint density at radius 1 is 1.06 bits per heavy atom. The van der Waals surface area contributed by atoms with E-state index < -0.39 is 29.6 Å². The zero-order valence-electron chi connectivity index (χ0n) is 18.5. The molecule has 2 amide bonds. The first kappa shape index (κ1) is 21.9. The third kappa shape index (κ3) is 4.07. The molecule has 7 nitrogen and oxygen atoms in total. The van der Waals surface area contributed by atoms with Crippen molar-refractivity contribution >= 4 is 18.0 Å². The lowest BCUT2D eigenvalue weighted by Crippen LogP contribution is -2.59. The number of hydrogen-bond donors (Lipinski definition) is 2. The number of nitrogens with one attached hydrogen (secondary N) is 1. The van der Waals surface area contributed by atoms with Gasteiger partial charge in [-0.2, -0.15) is 0 Å². The van der Waals surface area contributed by atoms with Crippen LogP contribution in [0.3, 0.4) is 0 Å². The van der Waals surface area contributed by atoms with Crippen molar-refractivity contribution in [1.29, 1.82) is 0 Å². The van der Waals surface area contributed by atoms with E-state index in [4.69, 9.17) is 4.74 Å². The highest BCUT2D eigenvalue weighted by Gasteiger charge is 2.44. The molecule has 32 heavy (non-hydrogen) atoms. The molecule has 2 aliphatic carbocycles. The highest BCUT2D eigenvalue weighted by Crippen LogP contribution is 2.44. The third-order valence-corrected chi connectivity index (χ3v) is 6.24. The van der Waals surface area contributed by atoms with Gasteiger partial charge in [0.25, 0.3) is 0 Å². The first-order valence-corrected chi connectivity index (χ1v) is 10.9. The Bertz CT molecular complexity index is 1010. The molecule has 0 radical (unpaired) electrons. The number of amides is 2. The predicted molar refractivity (Wildman–Crippen MR) is 119 cm³/mol. The van der Waals surface area contributed by atoms with Crippen LogP contribution in [0.2, 0.25) is 0 Å². The summed E-state index contributed by atoms with van der Waals surface area (Å²) >= 11 is 0. The SMILES string of the molecule is CC(C(=O)O)N(C(=O)C(C)(C)NC(=O)OCC1c2ccccc2-c2ccccc21)C1CC1. The molecule has 2 N–H and O–H groups in total. The van der Waals surface area contributed by atoms with Crippen molar-refractivity contribution in [1.82, 2.24) is 10.2 Å². The van der Waals surface area contributed by atoms with E-state index >= 15 is 0 Å². The second kappa shape index (κ2) is 8.30. The predicted octanol–water partition coefficient (Wildman–Crippen LogP) is 3.77. The Morgan fingerprint density at radius 2 is 1.59 bits per heavy atom. The molecule has 0 saturated heterocycles. The molecule has 0 spiro atoms. The molecule has 4 rings (SSSR count). The van der Waals surface area contributed by atoms with Crippen molar-refractivity contribution in [2.75, 3.05) is 6.61 Å². The smallest absolute Gasteiger partial charge is 0.408 e. The number of fused-ring (bicyclic) bond motifs is 3. The fraction of sp³-hybridized carbons (Fsp3) is 0.400. The van der Waals surface area contributed by atoms with E-state index in [-0.39, 0.29) is 18.6 Å². The number of benzene rings is 2. The van der Waals surface area contributed by atoms with Crippen LogP contribution in [0.25, 0.3) is 11.1 Å². The summed E-state index contributed by atoms with van der Waals surface area (Å²) in [6.45, 7) is 4.77. The number of aliphatic carboxylic acids is 1. The molecule has 1 unspecified atom stereocenters. The second-order valence-electron chi connectivity index (χ2n) is 9.03. The topological polar surface area (TPSA) is 95.9 Å². The van der Waals surface area contributed by atoms with E-state index in [0.717, 1.165) is 35.1 Å². The van der Waals surface area contributed by atoms with Gasteiger partial charge in [0.2, 0.25) is 5.91 Å². The monoisotopic (exact) mass is 436 g/mol. The zero-order chi connectivity index (χ0) is 23.0. The van der Waals surface area contributed by atoms with Gasteiger partial charge in [0.1, 0.15) is 18.2 Å². The van der Waals surface area contributed by atoms with Gasteiger partial charge >= 0.3 is 12.1 Å². The molecule has 1 atom stereocenters. The number of carbonyl (C=O) groups is 3. The first-order chi connectivity index (χ1) is 15.2. The maximum atomic E-state index is 13.1. The number of carboxylic acid groups (broad SMARTS) is 1. The molecule has 0 heterocycles. The van der Waals surface area contributed by atoms with Crippen LogP contribution in [0.1, 0.15) is 50.7 Å². The van der Waals surface area contributed by atoms with Crippen LogP contribution in [0, 0.1) is 0 Å². The number of alkyl carbamates (subject to hydrolysis) is 1. The standard InChI is InChI=1S/C25H28N2O5/c1-15(22(28)29)27(16-12-13-16)23(30)25(2,3)26-24(31)32-14-21-19-10-6-4-8-17(19)18-9-5-7-11-20(18)21/h4-11,15-16,21H,12-14H2,1-3H3,(H,26,31)(H,28,29). The maximum Gasteiger partial charge on any atom is 0.408 e. The van der Waals surface area contributed by atoms with Crippen LogP contribution in [-0.2, 0) is 14.3 Å². The summed E-state index contributed by atoms with van der Waals surface area (Å²) in [5.74, 6) is -1.58. The minimum absolute atomic E-state index is 0.0815. The van der Waals surface area contributed by atoms with Gasteiger partial charge in [-0.1, -0.05) is 48.5 Å². The molecule has 1 fully saturated rings. The van der Waals surface area contributed by atoms with Gasteiger partial charge in [-0.15, -0.1) is 0 Å². The lowest BCUT2D eigenvalue weighted by molar-refractivity contribution is -0.152. The van der Waals surface area contributed by atoms with Crippen molar-refractivity contribution in [2.45, 2.75) is 57.2 Å². The number of hydrogen-bond acceptors (Lipinski definition) is 4. The molecule has 2 aromatic carbocycles. The van der Waals surface area contributed by atoms with Crippen LogP contribution in [-0.4, -0.2) is 52.2 Å². The number of rotatable bonds is 7. The number of ether oxygens (including phenoxy) is 1. The Labute approximate surface area is 187 Å². The van der Waals surface area contributed by atoms with E-state index in [0.29, 0.717) is 0 Å². The summed E-state index contributed by atoms with van der Waals surface area (Å²) < 4.78 is 5.55. The summed E-state index contributed by atoms with van der Waals surface area (Å²) in [6.07, 6.45) is 0.832. The molecule has 7 heteroatoms. The molecule has 0 aliphatic heterocycles. The average Bonchev–Trinajstić information content (AvgIpc) is 3.54. The van der Waals surface area contributed by atoms with E-state index in [2.05, 4.69) is 17.4 Å². The van der Waals surface area contributed by atoms with Gasteiger partial charge in [-0.3, -0.25) is 4.79 Å². The fourth-order valence-electron chi connectivity index (χ4n) is 4.40. The Balaban J connectivity index is 1.44. The molecule has 1 saturated carbocycles. The van der Waals surface area contributed by atoms with E-state index in [1.54, 1.807) is 13.8 Å². The summed E-state index contributed by atoms with van der Waals surface area (Å²) in [6, 6.07) is 15.1. The summed E-state index contributed by atoms with van der Waals surface area (Å²) in [5.41, 5.74) is 3.18. The Hall–Kier alpha value is -3.35. The summed E-state index contributed by atoms with van der Waals surface area (Å²) in [7, 11) is 0. The van der Waals surface area contributed by atoms with Crippen molar-refractivity contribution in [3.63, 3.8) is 0 Å². The lowest BCUT2D eigenvalue weighted by atomic mass is 9.98. The molecule has 2 aliphatic rings. The quantitative estimate of drug-likeness (QED) is 0.689. The van der Waals surface area contributed by atoms with Crippen molar-refractivity contribution in [3.8, 4) is 11.1 Å². The Kier molecular flexibility index (Phi) is 5.67. The highest BCUT2D eigenvalue weighted by atomic mass is 16.5. The van der Waals surface area contributed by atoms with Crippen LogP contribution >= 0.6 is 0 Å². The van der Waals surface area contributed by atoms with Crippen LogP contribution in [0.15, 0.2) is 48.5 Å². The van der Waals surface area contributed by atoms with Crippen LogP contribution in [0.4, 0.5) is 4.79 Å². The molecular formula is C25H28N2O5. The normalized spacial score (nSPS) is 16.0. The molecule has 168 valence electrons. The fourth-order valence-corrected chi connectivity index (χ4v) is 4.40. The molecule has 0 aromatic heterocycles. The van der Waals surface area contributed by atoms with Gasteiger partial charge in [0.15, 0.2) is 0 Å². The van der Waals surface area contributed by atoms with Gasteiger partial charge in [-0.25, -0.2) is 9.59 Å². The second-order valence-corrected chi connectivity index (χ2v) is 9.03. The van der Waals surface area contributed by atoms with E-state index in [1.807, 2.05) is 36.4 Å². The van der Waals surface area contributed by atoms with Crippen molar-refractivity contribution in [2.24, 2.45) is 0 Å². The third-order valence-electron chi connectivity index (χ3n) is 6.24. The zero-order valence-corrected chi connectivity index (χ0v) is 18.5. The first-order valence-electron chi connectivity index (χ1n) is 10.9. The van der Waals surface area contributed by atoms with E-state index in [1.165, 1.54) is 11.8 Å². The van der Waals surface area contributed by atoms with Gasteiger partial charge < -0.3 is 20.1 Å². The van der Waals surface area contributed by atoms with Gasteiger partial charge in [0, 0.05) is 12.0 Å². The largest absolute Gasteiger partial charge is 0.480 e. The minimum Gasteiger partial charge on any atom is -0.480 e. The molecular weight excluding hydrogens is 408 g/mol. The molecule has 0 bridgehead atoms. The number of carboxylic acids is 1. The number of carbonyl (C=O) groups excluding carboxylic acids is 2. The highest BCUT2D eigenvalue weighted by molar-refractivity contribution is 5.92. The van der Waals surface area contributed by atoms with Crippen LogP contribution < -0.4 is 5.32 Å². The van der Waals surface area contributed by atoms with Gasteiger partial charge in [0.05, 0.1) is 0 Å². The summed E-state index contributed by atoms with van der Waals surface area (Å²) in [4.78, 5) is 38.6. The molecule has 2 aromatic rings. The van der Waals surface area contributed by atoms with Gasteiger partial charge in [-0.05, 0) is 55.9 Å². The maximum absolute atomic E-state index is 13.1. The minimum atomic E-state index is -1.30. The Morgan fingerprint density at radius 3 is 2.09 bits per heavy atom. The van der Waals surface area contributed by atoms with Crippen molar-refractivity contribution in [3.05, 3.63) is 59.7 Å².